The summed E-state index contributed by atoms with van der Waals surface area (Å²) in [5.74, 6) is -3.70. The van der Waals surface area contributed by atoms with Gasteiger partial charge in [0, 0.05) is 13.1 Å². The van der Waals surface area contributed by atoms with Gasteiger partial charge in [0.15, 0.2) is 0 Å². The van der Waals surface area contributed by atoms with E-state index >= 15 is 0 Å². The maximum Gasteiger partial charge on any atom is 0.490 e. The van der Waals surface area contributed by atoms with Crippen molar-refractivity contribution in [2.45, 2.75) is 69.1 Å². The molecule has 3 N–H and O–H groups in total. The van der Waals surface area contributed by atoms with E-state index in [-0.39, 0.29) is 12.1 Å². The molecule has 0 radical (unpaired) electrons. The van der Waals surface area contributed by atoms with E-state index in [2.05, 4.69) is 5.32 Å². The van der Waals surface area contributed by atoms with Crippen LogP contribution in [0, 0.1) is 0 Å². The van der Waals surface area contributed by atoms with Crippen molar-refractivity contribution in [1.82, 2.24) is 10.2 Å². The molecule has 45 heavy (non-hydrogen) atoms. The fourth-order valence-corrected chi connectivity index (χ4v) is 5.20. The molecule has 2 aliphatic heterocycles. The molecule has 0 aromatic heterocycles. The summed E-state index contributed by atoms with van der Waals surface area (Å²) in [6.07, 6.45) is -3.01. The molecule has 2 aromatic rings. The Kier molecular flexibility index (Phi) is 13.0. The monoisotopic (exact) mass is 638 g/mol. The van der Waals surface area contributed by atoms with Crippen LogP contribution in [-0.2, 0) is 34.7 Å². The second kappa shape index (κ2) is 15.7. The predicted octanol–water partition coefficient (Wildman–Crippen LogP) is 5.15. The van der Waals surface area contributed by atoms with Crippen molar-refractivity contribution in [3.63, 3.8) is 0 Å². The highest BCUT2D eigenvalue weighted by molar-refractivity contribution is 5.84. The molecule has 0 aliphatic carbocycles. The fraction of sp³-hybridized carbons (Fsp3) is 0.500. The molecule has 10 nitrogen and oxygen atoms in total. The topological polar surface area (TPSA) is 142 Å². The van der Waals surface area contributed by atoms with Crippen LogP contribution in [0.25, 0.3) is 0 Å². The average Bonchev–Trinajstić information content (AvgIpc) is 3.01. The highest BCUT2D eigenvalue weighted by Crippen LogP contribution is 2.37. The van der Waals surface area contributed by atoms with Crippen LogP contribution in [-0.4, -0.2) is 84.2 Å². The van der Waals surface area contributed by atoms with Crippen molar-refractivity contribution >= 4 is 24.0 Å². The Balaban J connectivity index is 0.000000273. The number of carbonyl (C=O) groups is 4. The summed E-state index contributed by atoms with van der Waals surface area (Å²) in [6, 6.07) is 19.2. The lowest BCUT2D eigenvalue weighted by Gasteiger charge is -2.40. The van der Waals surface area contributed by atoms with Gasteiger partial charge in [-0.1, -0.05) is 60.7 Å². The Morgan fingerprint density at radius 1 is 0.778 bits per heavy atom. The van der Waals surface area contributed by atoms with Crippen molar-refractivity contribution in [2.24, 2.45) is 0 Å². The number of benzene rings is 2. The molecule has 13 heteroatoms. The zero-order valence-corrected chi connectivity index (χ0v) is 25.9. The fourth-order valence-electron chi connectivity index (χ4n) is 5.20. The first-order valence-electron chi connectivity index (χ1n) is 14.4. The van der Waals surface area contributed by atoms with Gasteiger partial charge < -0.3 is 29.9 Å². The molecule has 4 rings (SSSR count). The first-order valence-corrected chi connectivity index (χ1v) is 14.4. The predicted molar refractivity (Wildman–Crippen MR) is 159 cm³/mol. The van der Waals surface area contributed by atoms with Gasteiger partial charge in [-0.15, -0.1) is 0 Å². The first kappa shape index (κ1) is 37.1. The third kappa shape index (κ3) is 10.2. The Morgan fingerprint density at radius 3 is 1.56 bits per heavy atom. The summed E-state index contributed by atoms with van der Waals surface area (Å²) < 4.78 is 42.2. The van der Waals surface area contributed by atoms with Crippen LogP contribution in [0.2, 0.25) is 0 Å². The van der Waals surface area contributed by atoms with E-state index in [0.717, 1.165) is 24.2 Å². The van der Waals surface area contributed by atoms with Crippen LogP contribution in [0.15, 0.2) is 60.7 Å². The minimum atomic E-state index is -5.08. The van der Waals surface area contributed by atoms with Gasteiger partial charge in [-0.25, -0.2) is 9.59 Å². The summed E-state index contributed by atoms with van der Waals surface area (Å²) in [5, 5.41) is 19.7. The molecule has 0 bridgehead atoms. The first-order chi connectivity index (χ1) is 21.0. The molecule has 248 valence electrons. The Morgan fingerprint density at radius 2 is 1.20 bits per heavy atom. The third-order valence-corrected chi connectivity index (χ3v) is 7.61. The van der Waals surface area contributed by atoms with Crippen molar-refractivity contribution in [3.8, 4) is 0 Å². The van der Waals surface area contributed by atoms with E-state index in [1.165, 1.54) is 7.11 Å². The van der Waals surface area contributed by atoms with Gasteiger partial charge in [0.25, 0.3) is 0 Å². The number of carbonyl (C=O) groups excluding carboxylic acids is 2. The molecular formula is C32H41F3N2O8. The summed E-state index contributed by atoms with van der Waals surface area (Å²) in [5.41, 5.74) is -0.0104. The van der Waals surface area contributed by atoms with E-state index < -0.39 is 34.5 Å². The molecule has 0 spiro atoms. The van der Waals surface area contributed by atoms with Crippen LogP contribution < -0.4 is 5.32 Å². The molecule has 1 amide bonds. The van der Waals surface area contributed by atoms with E-state index in [1.807, 2.05) is 81.4 Å². The summed E-state index contributed by atoms with van der Waals surface area (Å²) in [4.78, 5) is 46.6. The van der Waals surface area contributed by atoms with Gasteiger partial charge in [0.1, 0.15) is 5.60 Å². The number of esters is 1. The molecule has 0 unspecified atom stereocenters. The Bertz CT molecular complexity index is 1270. The van der Waals surface area contributed by atoms with E-state index in [9.17, 15) is 32.7 Å². The normalized spacial score (nSPS) is 17.3. The summed E-state index contributed by atoms with van der Waals surface area (Å²) in [6.45, 7) is 8.03. The number of hydrogen-bond donors (Lipinski definition) is 3. The third-order valence-electron chi connectivity index (χ3n) is 7.61. The number of nitrogens with one attached hydrogen (secondary N) is 1. The summed E-state index contributed by atoms with van der Waals surface area (Å²) in [7, 11) is 1.41. The number of alkyl halides is 3. The molecule has 2 heterocycles. The lowest BCUT2D eigenvalue weighted by Crippen LogP contribution is -2.50. The number of ether oxygens (including phenoxy) is 2. The second-order valence-corrected chi connectivity index (χ2v) is 11.7. The maximum absolute atomic E-state index is 12.4. The van der Waals surface area contributed by atoms with E-state index in [0.29, 0.717) is 38.8 Å². The SMILES string of the molecule is COC(=O)C1(c2ccccc2)CCN(C(=O)OC(C)(C)C)CC1.O=C(O)C(F)(F)F.O=C(O)C1(c2ccccc2)CCNCC1. The zero-order chi connectivity index (χ0) is 33.9. The largest absolute Gasteiger partial charge is 0.490 e. The lowest BCUT2D eigenvalue weighted by molar-refractivity contribution is -0.192. The number of amides is 1. The molecular weight excluding hydrogens is 597 g/mol. The standard InChI is InChI=1S/C18H25NO4.C12H15NO2.C2HF3O2/c1-17(2,3)23-16(21)19-12-10-18(11-13-19,15(20)22-4)14-8-6-5-7-9-14;14-11(15)12(6-8-13-9-7-12)10-4-2-1-3-5-10;3-2(4,5)1(6)7/h5-9H,10-13H2,1-4H3;1-5,13H,6-9H2,(H,14,15);(H,6,7). The number of aliphatic carboxylic acids is 2. The Hall–Kier alpha value is -4.13. The molecule has 2 aliphatic rings. The van der Waals surface area contributed by atoms with Crippen molar-refractivity contribution in [1.29, 1.82) is 0 Å². The van der Waals surface area contributed by atoms with E-state index in [1.54, 1.807) is 4.90 Å². The molecule has 2 saturated heterocycles. The number of rotatable bonds is 4. The zero-order valence-electron chi connectivity index (χ0n) is 25.9. The van der Waals surface area contributed by atoms with Crippen LogP contribution in [0.1, 0.15) is 57.6 Å². The summed E-state index contributed by atoms with van der Waals surface area (Å²) >= 11 is 0. The highest BCUT2D eigenvalue weighted by atomic mass is 19.4. The smallest absolute Gasteiger partial charge is 0.481 e. The van der Waals surface area contributed by atoms with E-state index in [4.69, 9.17) is 19.4 Å². The number of carboxylic acid groups (broad SMARTS) is 2. The highest BCUT2D eigenvalue weighted by Gasteiger charge is 2.45. The number of piperidine rings is 2. The minimum Gasteiger partial charge on any atom is -0.481 e. The van der Waals surface area contributed by atoms with Gasteiger partial charge in [0.2, 0.25) is 0 Å². The maximum atomic E-state index is 12.4. The van der Waals surface area contributed by atoms with Gasteiger partial charge in [-0.3, -0.25) is 9.59 Å². The lowest BCUT2D eigenvalue weighted by atomic mass is 9.73. The van der Waals surface area contributed by atoms with Crippen LogP contribution in [0.4, 0.5) is 18.0 Å². The Labute approximate surface area is 260 Å². The van der Waals surface area contributed by atoms with Crippen LogP contribution in [0.5, 0.6) is 0 Å². The number of hydrogen-bond acceptors (Lipinski definition) is 7. The van der Waals surface area contributed by atoms with Gasteiger partial charge in [-0.2, -0.15) is 13.2 Å². The van der Waals surface area contributed by atoms with Crippen molar-refractivity contribution < 1.29 is 52.0 Å². The molecule has 2 fully saturated rings. The van der Waals surface area contributed by atoms with Crippen LogP contribution in [0.3, 0.4) is 0 Å². The number of methoxy groups -OCH3 is 1. The van der Waals surface area contributed by atoms with Crippen LogP contribution >= 0.6 is 0 Å². The van der Waals surface area contributed by atoms with Gasteiger partial charge in [0.05, 0.1) is 17.9 Å². The average molecular weight is 639 g/mol. The van der Waals surface area contributed by atoms with Gasteiger partial charge >= 0.3 is 30.2 Å². The van der Waals surface area contributed by atoms with Crippen molar-refractivity contribution in [2.75, 3.05) is 33.3 Å². The number of nitrogens with zero attached hydrogens (tertiary/aromatic N) is 1. The van der Waals surface area contributed by atoms with Crippen molar-refractivity contribution in [3.05, 3.63) is 71.8 Å². The molecule has 0 atom stereocenters. The number of likely N-dealkylation sites (tertiary alicyclic amines) is 1. The van der Waals surface area contributed by atoms with Gasteiger partial charge in [-0.05, 0) is 70.7 Å². The number of halogens is 3. The quantitative estimate of drug-likeness (QED) is 0.388. The molecule has 2 aromatic carbocycles. The second-order valence-electron chi connectivity index (χ2n) is 11.7. The molecule has 0 saturated carbocycles. The minimum absolute atomic E-state index is 0.243. The number of carboxylic acids is 2.